The molecule has 1 aliphatic carbocycles. The number of hydrogen-bond acceptors (Lipinski definition) is 8. The van der Waals surface area contributed by atoms with E-state index in [0.29, 0.717) is 10.6 Å². The first kappa shape index (κ1) is 21.8. The van der Waals surface area contributed by atoms with Crippen molar-refractivity contribution in [2.45, 2.75) is 56.7 Å². The van der Waals surface area contributed by atoms with Gasteiger partial charge in [-0.15, -0.1) is 11.3 Å². The van der Waals surface area contributed by atoms with Crippen molar-refractivity contribution in [3.8, 4) is 0 Å². The standard InChI is InChI=1S/C25H30N6O2S/c1-14-3-6-17-21(27)22(34-24(17)28-14)23(32)29-16-5-7-18-15(11-16)4-8-20(30-18)31-12-19(26)25(13-31)9-2-10-33-25/h3-4,6,8,16,19H,2,5,7,9-13,26-27H2,1H3,(H,29,32)/t16-,19+,25+/m0/s1. The predicted molar refractivity (Wildman–Crippen MR) is 134 cm³/mol. The zero-order valence-electron chi connectivity index (χ0n) is 19.3. The minimum Gasteiger partial charge on any atom is -0.397 e. The number of amides is 1. The molecule has 0 bridgehead atoms. The number of thiophene rings is 1. The SMILES string of the molecule is Cc1ccc2c(N)c(C(=O)N[C@H]3CCc4nc(N5C[C@@H](N)[C@@]6(CCCO6)C5)ccc4C3)sc2n1. The molecular weight excluding hydrogens is 448 g/mol. The van der Waals surface area contributed by atoms with E-state index in [0.717, 1.165) is 79.2 Å². The van der Waals surface area contributed by atoms with Crippen LogP contribution in [0.5, 0.6) is 0 Å². The number of anilines is 2. The third-order valence-corrected chi connectivity index (χ3v) is 8.65. The van der Waals surface area contributed by atoms with Crippen molar-refractivity contribution in [1.82, 2.24) is 15.3 Å². The van der Waals surface area contributed by atoms with E-state index in [1.807, 2.05) is 19.1 Å². The molecule has 3 aliphatic rings. The predicted octanol–water partition coefficient (Wildman–Crippen LogP) is 2.57. The lowest BCUT2D eigenvalue weighted by atomic mass is 9.91. The Hall–Kier alpha value is -2.75. The van der Waals surface area contributed by atoms with Crippen molar-refractivity contribution in [2.24, 2.45) is 5.73 Å². The number of aryl methyl sites for hydroxylation is 2. The average Bonchev–Trinajstić information content (AvgIpc) is 3.52. The largest absolute Gasteiger partial charge is 0.397 e. The lowest BCUT2D eigenvalue weighted by Gasteiger charge is -2.28. The van der Waals surface area contributed by atoms with Gasteiger partial charge in [0, 0.05) is 36.0 Å². The zero-order valence-corrected chi connectivity index (χ0v) is 20.2. The molecule has 178 valence electrons. The number of ether oxygens (including phenoxy) is 1. The second-order valence-electron chi connectivity index (χ2n) is 9.84. The topological polar surface area (TPSA) is 119 Å². The fraction of sp³-hybridized carbons (Fsp3) is 0.480. The third-order valence-electron chi connectivity index (χ3n) is 7.53. The van der Waals surface area contributed by atoms with Crippen molar-refractivity contribution in [2.75, 3.05) is 30.3 Å². The molecule has 0 radical (unpaired) electrons. The normalized spacial score (nSPS) is 26.4. The monoisotopic (exact) mass is 478 g/mol. The number of carbonyl (C=O) groups excluding carboxylic acids is 1. The summed E-state index contributed by atoms with van der Waals surface area (Å²) in [6, 6.07) is 8.18. The van der Waals surface area contributed by atoms with Crippen LogP contribution in [0.1, 0.15) is 45.9 Å². The van der Waals surface area contributed by atoms with Gasteiger partial charge in [0.1, 0.15) is 21.1 Å². The first-order valence-electron chi connectivity index (χ1n) is 12.0. The fourth-order valence-corrected chi connectivity index (χ4v) is 6.67. The number of nitrogens with zero attached hydrogens (tertiary/aromatic N) is 3. The molecule has 5 N–H and O–H groups in total. The highest BCUT2D eigenvalue weighted by Gasteiger charge is 2.48. The molecule has 0 aromatic carbocycles. The fourth-order valence-electron chi connectivity index (χ4n) is 5.63. The summed E-state index contributed by atoms with van der Waals surface area (Å²) in [4.78, 5) is 26.1. The summed E-state index contributed by atoms with van der Waals surface area (Å²) in [6.45, 7) is 4.32. The first-order chi connectivity index (χ1) is 16.4. The lowest BCUT2D eigenvalue weighted by Crippen LogP contribution is -2.46. The van der Waals surface area contributed by atoms with Crippen LogP contribution in [-0.2, 0) is 17.6 Å². The molecule has 3 aromatic rings. The Labute approximate surface area is 202 Å². The molecule has 0 unspecified atom stereocenters. The van der Waals surface area contributed by atoms with Crippen LogP contribution in [-0.4, -0.2) is 53.3 Å². The molecule has 2 aliphatic heterocycles. The highest BCUT2D eigenvalue weighted by Crippen LogP contribution is 2.37. The van der Waals surface area contributed by atoms with Crippen LogP contribution in [0.2, 0.25) is 0 Å². The number of hydrogen-bond donors (Lipinski definition) is 3. The molecular formula is C25H30N6O2S. The summed E-state index contributed by atoms with van der Waals surface area (Å²) in [6.07, 6.45) is 4.55. The van der Waals surface area contributed by atoms with Gasteiger partial charge in [-0.2, -0.15) is 0 Å². The molecule has 3 aromatic heterocycles. The van der Waals surface area contributed by atoms with Crippen molar-refractivity contribution in [3.05, 3.63) is 46.1 Å². The van der Waals surface area contributed by atoms with Crippen molar-refractivity contribution < 1.29 is 9.53 Å². The second kappa shape index (κ2) is 8.18. The minimum atomic E-state index is -0.213. The molecule has 6 rings (SSSR count). The molecule has 1 amide bonds. The Morgan fingerprint density at radius 1 is 1.29 bits per heavy atom. The molecule has 0 saturated carbocycles. The van der Waals surface area contributed by atoms with Gasteiger partial charge in [-0.1, -0.05) is 6.07 Å². The van der Waals surface area contributed by atoms with Crippen LogP contribution in [0, 0.1) is 6.92 Å². The summed E-state index contributed by atoms with van der Waals surface area (Å²) in [5.74, 6) is 0.856. The van der Waals surface area contributed by atoms with Gasteiger partial charge in [0.05, 0.1) is 18.3 Å². The number of fused-ring (bicyclic) bond motifs is 2. The number of carbonyl (C=O) groups is 1. The van der Waals surface area contributed by atoms with Gasteiger partial charge in [0.15, 0.2) is 0 Å². The number of pyridine rings is 2. The van der Waals surface area contributed by atoms with Crippen LogP contribution < -0.4 is 21.7 Å². The van der Waals surface area contributed by atoms with Gasteiger partial charge in [0.25, 0.3) is 5.91 Å². The molecule has 2 fully saturated rings. The second-order valence-corrected chi connectivity index (χ2v) is 10.8. The van der Waals surface area contributed by atoms with Gasteiger partial charge < -0.3 is 26.4 Å². The quantitative estimate of drug-likeness (QED) is 0.529. The number of rotatable bonds is 3. The third kappa shape index (κ3) is 3.62. The molecule has 9 heteroatoms. The summed E-state index contributed by atoms with van der Waals surface area (Å²) in [7, 11) is 0. The van der Waals surface area contributed by atoms with E-state index < -0.39 is 0 Å². The maximum atomic E-state index is 13.0. The van der Waals surface area contributed by atoms with Gasteiger partial charge in [-0.05, 0) is 62.8 Å². The highest BCUT2D eigenvalue weighted by molar-refractivity contribution is 7.21. The number of nitrogens with one attached hydrogen (secondary N) is 1. The Morgan fingerprint density at radius 2 is 2.18 bits per heavy atom. The Bertz CT molecular complexity index is 1270. The Morgan fingerprint density at radius 3 is 3.00 bits per heavy atom. The summed E-state index contributed by atoms with van der Waals surface area (Å²) >= 11 is 1.36. The van der Waals surface area contributed by atoms with Gasteiger partial charge in [-0.25, -0.2) is 9.97 Å². The molecule has 8 nitrogen and oxygen atoms in total. The van der Waals surface area contributed by atoms with E-state index in [-0.39, 0.29) is 23.6 Å². The Kier molecular flexibility index (Phi) is 5.24. The van der Waals surface area contributed by atoms with Crippen molar-refractivity contribution in [3.63, 3.8) is 0 Å². The molecule has 34 heavy (non-hydrogen) atoms. The van der Waals surface area contributed by atoms with Crippen LogP contribution in [0.3, 0.4) is 0 Å². The maximum Gasteiger partial charge on any atom is 0.263 e. The van der Waals surface area contributed by atoms with Crippen LogP contribution in [0.15, 0.2) is 24.3 Å². The van der Waals surface area contributed by atoms with Crippen LogP contribution >= 0.6 is 11.3 Å². The highest BCUT2D eigenvalue weighted by atomic mass is 32.1. The Balaban J connectivity index is 1.15. The van der Waals surface area contributed by atoms with Crippen molar-refractivity contribution >= 4 is 39.0 Å². The summed E-state index contributed by atoms with van der Waals surface area (Å²) < 4.78 is 6.05. The smallest absolute Gasteiger partial charge is 0.263 e. The molecule has 3 atom stereocenters. The first-order valence-corrected chi connectivity index (χ1v) is 12.8. The lowest BCUT2D eigenvalue weighted by molar-refractivity contribution is 0.0108. The zero-order chi connectivity index (χ0) is 23.4. The minimum absolute atomic E-state index is 0.0212. The van der Waals surface area contributed by atoms with Gasteiger partial charge in [0.2, 0.25) is 0 Å². The summed E-state index contributed by atoms with van der Waals surface area (Å²) in [5.41, 5.74) is 16.3. The van der Waals surface area contributed by atoms with Crippen LogP contribution in [0.25, 0.3) is 10.2 Å². The van der Waals surface area contributed by atoms with Crippen molar-refractivity contribution in [1.29, 1.82) is 0 Å². The average molecular weight is 479 g/mol. The van der Waals surface area contributed by atoms with Gasteiger partial charge in [-0.3, -0.25) is 4.79 Å². The molecule has 2 saturated heterocycles. The summed E-state index contributed by atoms with van der Waals surface area (Å²) in [5, 5.41) is 4.04. The number of nitrogens with two attached hydrogens (primary N) is 2. The van der Waals surface area contributed by atoms with E-state index in [2.05, 4.69) is 27.3 Å². The van der Waals surface area contributed by atoms with E-state index in [1.165, 1.54) is 16.9 Å². The van der Waals surface area contributed by atoms with E-state index in [1.54, 1.807) is 0 Å². The van der Waals surface area contributed by atoms with E-state index in [4.69, 9.17) is 21.2 Å². The molecule has 1 spiro atoms. The number of aromatic nitrogens is 2. The number of nitrogen functional groups attached to an aromatic ring is 1. The maximum absolute atomic E-state index is 13.0. The van der Waals surface area contributed by atoms with E-state index in [9.17, 15) is 4.79 Å². The van der Waals surface area contributed by atoms with E-state index >= 15 is 0 Å². The van der Waals surface area contributed by atoms with Crippen LogP contribution in [0.4, 0.5) is 11.5 Å². The molecule has 5 heterocycles. The van der Waals surface area contributed by atoms with Gasteiger partial charge >= 0.3 is 0 Å².